The van der Waals surface area contributed by atoms with Gasteiger partial charge < -0.3 is 0 Å². The molecular formula is C33H62. The molecule has 194 valence electrons. The molecule has 0 N–H and O–H groups in total. The molecule has 0 aromatic heterocycles. The molecule has 0 bridgehead atoms. The van der Waals surface area contributed by atoms with Crippen LogP contribution in [0, 0.1) is 13.8 Å². The Labute approximate surface area is 212 Å². The predicted molar refractivity (Wildman–Crippen MR) is 164 cm³/mol. The van der Waals surface area contributed by atoms with Crippen molar-refractivity contribution in [1.29, 1.82) is 0 Å². The van der Waals surface area contributed by atoms with Gasteiger partial charge in [-0.2, -0.15) is 0 Å². The zero-order valence-electron chi connectivity index (χ0n) is 24.7. The average molecular weight is 459 g/mol. The SMILES string of the molecule is C=C.C=C.C=C(C)C.C=C(C)CCC.C=C(C)CCCC.CCCC.Cc1ccc(C)cc1. The van der Waals surface area contributed by atoms with Gasteiger partial charge in [-0.05, 0) is 60.8 Å². The highest BCUT2D eigenvalue weighted by Crippen LogP contribution is 2.01. The lowest BCUT2D eigenvalue weighted by Crippen LogP contribution is -1.71. The van der Waals surface area contributed by atoms with Gasteiger partial charge in [-0.15, -0.1) is 46.1 Å². The summed E-state index contributed by atoms with van der Waals surface area (Å²) in [5.41, 5.74) is 6.42. The third-order valence-corrected chi connectivity index (χ3v) is 3.35. The Morgan fingerprint density at radius 2 is 0.818 bits per heavy atom. The van der Waals surface area contributed by atoms with Crippen LogP contribution in [0.3, 0.4) is 0 Å². The van der Waals surface area contributed by atoms with Crippen molar-refractivity contribution in [2.24, 2.45) is 0 Å². The van der Waals surface area contributed by atoms with Crippen molar-refractivity contribution in [3.63, 3.8) is 0 Å². The molecular weight excluding hydrogens is 396 g/mol. The van der Waals surface area contributed by atoms with E-state index in [0.717, 1.165) is 0 Å². The van der Waals surface area contributed by atoms with E-state index in [1.54, 1.807) is 0 Å². The number of aryl methyl sites for hydroxylation is 2. The summed E-state index contributed by atoms with van der Waals surface area (Å²) in [5.74, 6) is 0. The van der Waals surface area contributed by atoms with Crippen LogP contribution in [0.4, 0.5) is 0 Å². The van der Waals surface area contributed by atoms with Gasteiger partial charge in [0.05, 0.1) is 0 Å². The van der Waals surface area contributed by atoms with Gasteiger partial charge >= 0.3 is 0 Å². The molecule has 0 unspecified atom stereocenters. The Balaban J connectivity index is -0.0000000680. The monoisotopic (exact) mass is 458 g/mol. The van der Waals surface area contributed by atoms with E-state index in [1.807, 2.05) is 13.8 Å². The number of hydrogen-bond acceptors (Lipinski definition) is 0. The van der Waals surface area contributed by atoms with Crippen molar-refractivity contribution >= 4 is 0 Å². The summed E-state index contributed by atoms with van der Waals surface area (Å²) in [6.07, 6.45) is 8.84. The Kier molecular flexibility index (Phi) is 59.1. The van der Waals surface area contributed by atoms with Crippen LogP contribution in [0.25, 0.3) is 0 Å². The first-order valence-corrected chi connectivity index (χ1v) is 12.4. The molecule has 1 aromatic rings. The molecule has 0 spiro atoms. The van der Waals surface area contributed by atoms with E-state index in [1.165, 1.54) is 72.8 Å². The predicted octanol–water partition coefficient (Wildman–Crippen LogP) is 12.4. The molecule has 33 heavy (non-hydrogen) atoms. The molecule has 0 nitrogen and oxygen atoms in total. The fourth-order valence-corrected chi connectivity index (χ4v) is 1.54. The van der Waals surface area contributed by atoms with Crippen molar-refractivity contribution in [2.45, 2.75) is 114 Å². The lowest BCUT2D eigenvalue weighted by atomic mass is 10.2. The van der Waals surface area contributed by atoms with E-state index in [4.69, 9.17) is 0 Å². The first kappa shape index (κ1) is 44.6. The van der Waals surface area contributed by atoms with Crippen LogP contribution in [-0.4, -0.2) is 0 Å². The molecule has 0 amide bonds. The Morgan fingerprint density at radius 3 is 0.909 bits per heavy atom. The van der Waals surface area contributed by atoms with Crippen LogP contribution in [0.1, 0.15) is 111 Å². The highest BCUT2D eigenvalue weighted by Gasteiger charge is 1.81. The van der Waals surface area contributed by atoms with Gasteiger partial charge in [0, 0.05) is 0 Å². The number of unbranched alkanes of at least 4 members (excludes halogenated alkanes) is 2. The van der Waals surface area contributed by atoms with Gasteiger partial charge in [-0.1, -0.05) is 105 Å². The van der Waals surface area contributed by atoms with Crippen LogP contribution in [0.5, 0.6) is 0 Å². The maximum absolute atomic E-state index is 3.79. The number of rotatable bonds is 6. The maximum Gasteiger partial charge on any atom is -0.0326 e. The molecule has 0 aliphatic rings. The second kappa shape index (κ2) is 43.7. The van der Waals surface area contributed by atoms with Crippen LogP contribution in [-0.2, 0) is 0 Å². The van der Waals surface area contributed by atoms with E-state index in [9.17, 15) is 0 Å². The molecule has 0 fully saturated rings. The lowest BCUT2D eigenvalue weighted by Gasteiger charge is -1.91. The zero-order valence-corrected chi connectivity index (χ0v) is 24.7. The summed E-state index contributed by atoms with van der Waals surface area (Å²) in [4.78, 5) is 0. The Morgan fingerprint density at radius 1 is 0.545 bits per heavy atom. The normalized spacial score (nSPS) is 7.58. The van der Waals surface area contributed by atoms with Crippen molar-refractivity contribution in [1.82, 2.24) is 0 Å². The molecule has 0 atom stereocenters. The molecule has 0 aliphatic carbocycles. The summed E-state index contributed by atoms with van der Waals surface area (Å²) in [6, 6.07) is 8.48. The molecule has 0 heterocycles. The van der Waals surface area contributed by atoms with E-state index in [0.29, 0.717) is 0 Å². The van der Waals surface area contributed by atoms with Crippen LogP contribution in [0.2, 0.25) is 0 Å². The van der Waals surface area contributed by atoms with Gasteiger partial charge in [-0.25, -0.2) is 0 Å². The molecule has 0 radical (unpaired) electrons. The standard InChI is InChI=1S/C8H10.C7H14.C6H12.C4H8.C4H10.2C2H4/c1-7-3-5-8(2)6-4-7;1-4-5-6-7(2)3;1-4-5-6(2)3;1-4(2)3;1-3-4-2;2*1-2/h3-6H,1-2H3;2,4-6H2,1,3H3;2,4-5H2,1,3H3;1H2,2-3H3;3-4H2,1-2H3;2*1-2H2. The second-order valence-electron chi connectivity index (χ2n) is 8.13. The van der Waals surface area contributed by atoms with Crippen molar-refractivity contribution in [3.05, 3.63) is 98.2 Å². The van der Waals surface area contributed by atoms with Gasteiger partial charge in [-0.3, -0.25) is 0 Å². The van der Waals surface area contributed by atoms with Crippen LogP contribution in [0.15, 0.2) is 87.0 Å². The number of benzene rings is 1. The molecule has 0 heteroatoms. The van der Waals surface area contributed by atoms with Gasteiger partial charge in [0.2, 0.25) is 0 Å². The minimum Gasteiger partial charge on any atom is -0.106 e. The number of hydrogen-bond donors (Lipinski definition) is 0. The fourth-order valence-electron chi connectivity index (χ4n) is 1.54. The summed E-state index contributed by atoms with van der Waals surface area (Å²) in [7, 11) is 0. The first-order valence-electron chi connectivity index (χ1n) is 12.4. The maximum atomic E-state index is 3.79. The highest BCUT2D eigenvalue weighted by molar-refractivity contribution is 5.19. The molecule has 1 rings (SSSR count). The number of allylic oxidation sites excluding steroid dienone is 3. The van der Waals surface area contributed by atoms with Crippen LogP contribution < -0.4 is 0 Å². The topological polar surface area (TPSA) is 0 Å². The third-order valence-electron chi connectivity index (χ3n) is 3.35. The first-order chi connectivity index (χ1) is 15.5. The van der Waals surface area contributed by atoms with Crippen molar-refractivity contribution in [3.8, 4) is 0 Å². The second-order valence-corrected chi connectivity index (χ2v) is 8.13. The van der Waals surface area contributed by atoms with Crippen molar-refractivity contribution in [2.75, 3.05) is 0 Å². The van der Waals surface area contributed by atoms with Crippen molar-refractivity contribution < 1.29 is 0 Å². The molecule has 0 saturated carbocycles. The van der Waals surface area contributed by atoms with E-state index in [-0.39, 0.29) is 0 Å². The quantitative estimate of drug-likeness (QED) is 0.372. The van der Waals surface area contributed by atoms with E-state index < -0.39 is 0 Å². The summed E-state index contributed by atoms with van der Waals surface area (Å²) >= 11 is 0. The van der Waals surface area contributed by atoms with Gasteiger partial charge in [0.1, 0.15) is 0 Å². The fraction of sp³-hybridized carbons (Fsp3) is 0.515. The van der Waals surface area contributed by atoms with Gasteiger partial charge in [0.25, 0.3) is 0 Å². The molecule has 0 aliphatic heterocycles. The minimum atomic E-state index is 1.17. The molecule has 1 aromatic carbocycles. The lowest BCUT2D eigenvalue weighted by molar-refractivity contribution is 0.789. The van der Waals surface area contributed by atoms with E-state index in [2.05, 4.69) is 126 Å². The average Bonchev–Trinajstić information content (AvgIpc) is 2.77. The summed E-state index contributed by atoms with van der Waals surface area (Å²) in [5, 5.41) is 0. The van der Waals surface area contributed by atoms with Crippen LogP contribution >= 0.6 is 0 Å². The van der Waals surface area contributed by atoms with E-state index >= 15 is 0 Å². The smallest absolute Gasteiger partial charge is 0.0326 e. The third kappa shape index (κ3) is 92.0. The largest absolute Gasteiger partial charge is 0.106 e. The zero-order chi connectivity index (χ0) is 27.7. The summed E-state index contributed by atoms with van der Waals surface area (Å²) in [6.45, 7) is 44.1. The highest BCUT2D eigenvalue weighted by atomic mass is 13.9. The minimum absolute atomic E-state index is 1.17. The summed E-state index contributed by atoms with van der Waals surface area (Å²) < 4.78 is 0. The Hall–Kier alpha value is -2.08. The Bertz CT molecular complexity index is 472. The van der Waals surface area contributed by atoms with Gasteiger partial charge in [0.15, 0.2) is 0 Å². The molecule has 0 saturated heterocycles.